The smallest absolute Gasteiger partial charge is 0.410 e. The molecule has 2 atom stereocenters. The van der Waals surface area contributed by atoms with E-state index in [4.69, 9.17) is 10.5 Å². The molecule has 1 rings (SSSR count). The number of ether oxygens (including phenoxy) is 1. The topological polar surface area (TPSA) is 55.6 Å². The second-order valence-electron chi connectivity index (χ2n) is 4.37. The predicted molar refractivity (Wildman–Crippen MR) is 64.2 cm³/mol. The minimum Gasteiger partial charge on any atom is -0.446 e. The van der Waals surface area contributed by atoms with Crippen molar-refractivity contribution in [1.82, 2.24) is 4.90 Å². The highest BCUT2D eigenvalue weighted by atomic mass is 16.6. The molecular weight excluding hydrogens is 204 g/mol. The number of nitrogens with two attached hydrogens (primary N) is 1. The number of carbonyl (C=O) groups is 1. The Balaban J connectivity index is 2.47. The summed E-state index contributed by atoms with van der Waals surface area (Å²) in [4.78, 5) is 13.5. The Labute approximate surface area is 98.1 Å². The highest BCUT2D eigenvalue weighted by Crippen LogP contribution is 2.26. The molecule has 1 saturated carbocycles. The molecule has 0 aromatic rings. The van der Waals surface area contributed by atoms with Crippen LogP contribution in [0.25, 0.3) is 0 Å². The van der Waals surface area contributed by atoms with Gasteiger partial charge in [-0.05, 0) is 39.7 Å². The minimum atomic E-state index is -0.185. The molecule has 1 aliphatic carbocycles. The Morgan fingerprint density at radius 3 is 2.50 bits per heavy atom. The van der Waals surface area contributed by atoms with Crippen LogP contribution in [0.3, 0.4) is 0 Å². The van der Waals surface area contributed by atoms with Gasteiger partial charge < -0.3 is 15.4 Å². The van der Waals surface area contributed by atoms with Gasteiger partial charge in [0.05, 0.1) is 0 Å². The van der Waals surface area contributed by atoms with Crippen LogP contribution < -0.4 is 5.73 Å². The van der Waals surface area contributed by atoms with E-state index in [9.17, 15) is 4.79 Å². The fourth-order valence-corrected chi connectivity index (χ4v) is 2.28. The summed E-state index contributed by atoms with van der Waals surface area (Å²) in [7, 11) is 0. The molecule has 0 aromatic carbocycles. The van der Waals surface area contributed by atoms with Gasteiger partial charge in [-0.3, -0.25) is 0 Å². The summed E-state index contributed by atoms with van der Waals surface area (Å²) in [6.45, 7) is 5.96. The number of rotatable bonds is 4. The Morgan fingerprint density at radius 1 is 1.31 bits per heavy atom. The lowest BCUT2D eigenvalue weighted by Gasteiger charge is -2.32. The molecule has 0 aromatic heterocycles. The molecule has 1 aliphatic rings. The van der Waals surface area contributed by atoms with Crippen molar-refractivity contribution in [3.8, 4) is 0 Å². The van der Waals surface area contributed by atoms with Gasteiger partial charge in [-0.15, -0.1) is 0 Å². The molecule has 4 nitrogen and oxygen atoms in total. The molecule has 0 bridgehead atoms. The fourth-order valence-electron chi connectivity index (χ4n) is 2.28. The lowest BCUT2D eigenvalue weighted by Crippen LogP contribution is -2.39. The molecule has 0 saturated heterocycles. The van der Waals surface area contributed by atoms with Crippen molar-refractivity contribution < 1.29 is 9.53 Å². The first-order chi connectivity index (χ1) is 7.72. The third kappa shape index (κ3) is 3.37. The first-order valence-corrected chi connectivity index (χ1v) is 6.38. The van der Waals surface area contributed by atoms with Crippen molar-refractivity contribution in [1.29, 1.82) is 0 Å². The molecule has 16 heavy (non-hydrogen) atoms. The van der Waals surface area contributed by atoms with Crippen molar-refractivity contribution in [3.63, 3.8) is 0 Å². The van der Waals surface area contributed by atoms with Crippen molar-refractivity contribution in [2.24, 2.45) is 11.7 Å². The standard InChI is InChI=1S/C12H24N2O2/c1-3-14(4-2)12(15)16-11-8-6-5-7-10(11)9-13/h10-11H,3-9,13H2,1-2H3. The predicted octanol–water partition coefficient (Wildman–Crippen LogP) is 1.98. The van der Waals surface area contributed by atoms with Gasteiger partial charge in [-0.1, -0.05) is 6.42 Å². The summed E-state index contributed by atoms with van der Waals surface area (Å²) in [6.07, 6.45) is 4.26. The third-order valence-electron chi connectivity index (χ3n) is 3.42. The van der Waals surface area contributed by atoms with Crippen LogP contribution >= 0.6 is 0 Å². The van der Waals surface area contributed by atoms with Crippen LogP contribution in [0.5, 0.6) is 0 Å². The first-order valence-electron chi connectivity index (χ1n) is 6.38. The summed E-state index contributed by atoms with van der Waals surface area (Å²) in [5.74, 6) is 0.355. The normalized spacial score (nSPS) is 25.2. The minimum absolute atomic E-state index is 0.0341. The number of nitrogens with zero attached hydrogens (tertiary/aromatic N) is 1. The number of hydrogen-bond donors (Lipinski definition) is 1. The Bertz CT molecular complexity index is 217. The first kappa shape index (κ1) is 13.3. The average Bonchev–Trinajstić information content (AvgIpc) is 2.31. The van der Waals surface area contributed by atoms with Crippen LogP contribution in [0.1, 0.15) is 39.5 Å². The summed E-state index contributed by atoms with van der Waals surface area (Å²) in [5.41, 5.74) is 5.71. The quantitative estimate of drug-likeness (QED) is 0.800. The van der Waals surface area contributed by atoms with Gasteiger partial charge in [0.15, 0.2) is 0 Å². The number of carbonyl (C=O) groups excluding carboxylic acids is 1. The molecule has 1 amide bonds. The van der Waals surface area contributed by atoms with Gasteiger partial charge in [0, 0.05) is 19.0 Å². The summed E-state index contributed by atoms with van der Waals surface area (Å²) in [5, 5.41) is 0. The van der Waals surface area contributed by atoms with Gasteiger partial charge in [0.25, 0.3) is 0 Å². The van der Waals surface area contributed by atoms with Gasteiger partial charge in [-0.25, -0.2) is 4.79 Å². The fraction of sp³-hybridized carbons (Fsp3) is 0.917. The van der Waals surface area contributed by atoms with E-state index in [1.54, 1.807) is 4.90 Å². The third-order valence-corrected chi connectivity index (χ3v) is 3.42. The maximum absolute atomic E-state index is 11.8. The molecule has 0 heterocycles. The van der Waals surface area contributed by atoms with E-state index in [1.165, 1.54) is 6.42 Å². The summed E-state index contributed by atoms with van der Waals surface area (Å²) < 4.78 is 5.55. The number of hydrogen-bond acceptors (Lipinski definition) is 3. The molecule has 94 valence electrons. The van der Waals surface area contributed by atoms with Gasteiger partial charge in [0.1, 0.15) is 6.10 Å². The molecular formula is C12H24N2O2. The molecule has 4 heteroatoms. The Kier molecular flexibility index (Phi) is 5.60. The van der Waals surface area contributed by atoms with E-state index in [2.05, 4.69) is 0 Å². The molecule has 2 N–H and O–H groups in total. The van der Waals surface area contributed by atoms with Gasteiger partial charge in [0.2, 0.25) is 0 Å². The zero-order valence-corrected chi connectivity index (χ0v) is 10.4. The van der Waals surface area contributed by atoms with E-state index < -0.39 is 0 Å². The Hall–Kier alpha value is -0.770. The van der Waals surface area contributed by atoms with Crippen LogP contribution in [0, 0.1) is 5.92 Å². The second kappa shape index (κ2) is 6.74. The second-order valence-corrected chi connectivity index (χ2v) is 4.37. The van der Waals surface area contributed by atoms with Crippen LogP contribution in [0.2, 0.25) is 0 Å². The van der Waals surface area contributed by atoms with E-state index >= 15 is 0 Å². The number of amides is 1. The summed E-state index contributed by atoms with van der Waals surface area (Å²) >= 11 is 0. The highest BCUT2D eigenvalue weighted by Gasteiger charge is 2.28. The van der Waals surface area contributed by atoms with E-state index in [0.717, 1.165) is 19.3 Å². The molecule has 2 unspecified atom stereocenters. The largest absolute Gasteiger partial charge is 0.446 e. The monoisotopic (exact) mass is 228 g/mol. The molecule has 0 aliphatic heterocycles. The van der Waals surface area contributed by atoms with E-state index in [0.29, 0.717) is 25.6 Å². The van der Waals surface area contributed by atoms with Gasteiger partial charge >= 0.3 is 6.09 Å². The van der Waals surface area contributed by atoms with E-state index in [1.807, 2.05) is 13.8 Å². The van der Waals surface area contributed by atoms with Crippen LogP contribution in [-0.2, 0) is 4.74 Å². The maximum atomic E-state index is 11.8. The lowest BCUT2D eigenvalue weighted by molar-refractivity contribution is 0.0193. The molecule has 0 spiro atoms. The van der Waals surface area contributed by atoms with Crippen LogP contribution in [0.15, 0.2) is 0 Å². The lowest BCUT2D eigenvalue weighted by atomic mass is 9.86. The SMILES string of the molecule is CCN(CC)C(=O)OC1CCCCC1CN. The highest BCUT2D eigenvalue weighted by molar-refractivity contribution is 5.67. The van der Waals surface area contributed by atoms with E-state index in [-0.39, 0.29) is 12.2 Å². The maximum Gasteiger partial charge on any atom is 0.410 e. The van der Waals surface area contributed by atoms with Crippen molar-refractivity contribution in [2.75, 3.05) is 19.6 Å². The summed E-state index contributed by atoms with van der Waals surface area (Å²) in [6, 6.07) is 0. The van der Waals surface area contributed by atoms with Crippen molar-refractivity contribution >= 4 is 6.09 Å². The zero-order valence-electron chi connectivity index (χ0n) is 10.4. The molecule has 0 radical (unpaired) electrons. The van der Waals surface area contributed by atoms with Crippen LogP contribution in [-0.4, -0.2) is 36.7 Å². The van der Waals surface area contributed by atoms with Gasteiger partial charge in [-0.2, -0.15) is 0 Å². The Morgan fingerprint density at radius 2 is 1.94 bits per heavy atom. The van der Waals surface area contributed by atoms with Crippen molar-refractivity contribution in [2.45, 2.75) is 45.6 Å². The average molecular weight is 228 g/mol. The van der Waals surface area contributed by atoms with Crippen molar-refractivity contribution in [3.05, 3.63) is 0 Å². The van der Waals surface area contributed by atoms with Crippen LogP contribution in [0.4, 0.5) is 4.79 Å². The molecule has 1 fully saturated rings. The zero-order chi connectivity index (χ0) is 12.0.